The number of hydrogen-bond donors (Lipinski definition) is 3. The van der Waals surface area contributed by atoms with Crippen molar-refractivity contribution in [2.24, 2.45) is 12.8 Å². The van der Waals surface area contributed by atoms with Crippen molar-refractivity contribution in [3.05, 3.63) is 64.6 Å². The number of rotatable bonds is 8. The van der Waals surface area contributed by atoms with E-state index in [9.17, 15) is 4.79 Å². The van der Waals surface area contributed by atoms with Crippen molar-refractivity contribution in [2.45, 2.75) is 63.1 Å². The van der Waals surface area contributed by atoms with Crippen LogP contribution in [0.4, 0.5) is 0 Å². The molecule has 4 N–H and O–H groups in total. The number of nitrogens with zero attached hydrogens (tertiary/aromatic N) is 3. The molecule has 0 bridgehead atoms. The minimum absolute atomic E-state index is 0.124. The summed E-state index contributed by atoms with van der Waals surface area (Å²) in [5.41, 5.74) is 8.79. The van der Waals surface area contributed by atoms with Gasteiger partial charge >= 0.3 is 0 Å². The zero-order chi connectivity index (χ0) is 25.7. The van der Waals surface area contributed by atoms with Gasteiger partial charge in [0.05, 0.1) is 18.4 Å². The van der Waals surface area contributed by atoms with Crippen molar-refractivity contribution in [1.82, 2.24) is 20.0 Å². The van der Waals surface area contributed by atoms with E-state index in [1.54, 1.807) is 0 Å². The third-order valence-corrected chi connectivity index (χ3v) is 7.76. The number of carbonyl (C=O) groups is 1. The summed E-state index contributed by atoms with van der Waals surface area (Å²) in [4.78, 5) is 14.8. The summed E-state index contributed by atoms with van der Waals surface area (Å²) in [5, 5.41) is 16.0. The summed E-state index contributed by atoms with van der Waals surface area (Å²) >= 11 is 6.10. The van der Waals surface area contributed by atoms with Crippen LogP contribution in [0.1, 0.15) is 48.6 Å². The number of halogens is 1. The Morgan fingerprint density at radius 3 is 2.64 bits per heavy atom. The quantitative estimate of drug-likeness (QED) is 0.470. The maximum Gasteiger partial charge on any atom is 0.269 e. The Balaban J connectivity index is 1.41. The first-order chi connectivity index (χ1) is 17.3. The van der Waals surface area contributed by atoms with Gasteiger partial charge in [0.25, 0.3) is 5.91 Å². The molecule has 0 radical (unpaired) electrons. The van der Waals surface area contributed by atoms with E-state index in [1.807, 2.05) is 23.9 Å². The predicted molar refractivity (Wildman–Crippen MR) is 142 cm³/mol. The van der Waals surface area contributed by atoms with Crippen LogP contribution >= 0.6 is 11.6 Å². The molecule has 2 atom stereocenters. The van der Waals surface area contributed by atoms with Crippen LogP contribution < -0.4 is 11.1 Å². The number of nitrogens with one attached hydrogen (secondary N) is 2. The molecule has 4 rings (SSSR count). The molecule has 1 aliphatic carbocycles. The monoisotopic (exact) mass is 512 g/mol. The van der Waals surface area contributed by atoms with Gasteiger partial charge in [-0.1, -0.05) is 23.7 Å². The molecular formula is C27H37ClN6O2. The molecule has 1 saturated heterocycles. The second kappa shape index (κ2) is 12.0. The Labute approximate surface area is 218 Å². The van der Waals surface area contributed by atoms with Crippen LogP contribution in [0.25, 0.3) is 0 Å². The first-order valence-electron chi connectivity index (χ1n) is 12.7. The van der Waals surface area contributed by atoms with Crippen LogP contribution in [0.2, 0.25) is 5.02 Å². The van der Waals surface area contributed by atoms with Gasteiger partial charge in [0.2, 0.25) is 0 Å². The summed E-state index contributed by atoms with van der Waals surface area (Å²) in [7, 11) is 2.01. The van der Waals surface area contributed by atoms with Gasteiger partial charge in [0, 0.05) is 48.9 Å². The molecular weight excluding hydrogens is 476 g/mol. The van der Waals surface area contributed by atoms with Crippen molar-refractivity contribution < 1.29 is 9.53 Å². The summed E-state index contributed by atoms with van der Waals surface area (Å²) < 4.78 is 8.16. The maximum absolute atomic E-state index is 12.2. The van der Waals surface area contributed by atoms with Gasteiger partial charge in [0.15, 0.2) is 0 Å². The highest BCUT2D eigenvalue weighted by atomic mass is 35.5. The van der Waals surface area contributed by atoms with Crippen LogP contribution in [0.3, 0.4) is 0 Å². The maximum atomic E-state index is 12.2. The topological polar surface area (TPSA) is 109 Å². The number of ether oxygens (including phenoxy) is 1. The number of amides is 1. The Bertz CT molecular complexity index is 1050. The number of hydrogen-bond acceptors (Lipinski definition) is 6. The standard InChI is InChI=1S/C27H37ClN6O2/c1-18-13-26(32-33(18)2)20-5-9-22(10-6-20)34-16-24(15-31-27(35)25(30)11-12-29)36-17-23(34)14-19-3-7-21(28)8-4-19/h3-4,7-8,11-13,20,22-24,30H,5-6,9-10,14-17,29H2,1-2H3,(H,31,35)/b12-11-,30-25?. The van der Waals surface area contributed by atoms with E-state index in [2.05, 4.69) is 35.3 Å². The third-order valence-electron chi connectivity index (χ3n) is 7.51. The van der Waals surface area contributed by atoms with E-state index in [0.717, 1.165) is 43.7 Å². The van der Waals surface area contributed by atoms with E-state index < -0.39 is 5.91 Å². The Morgan fingerprint density at radius 2 is 2.00 bits per heavy atom. The van der Waals surface area contributed by atoms with Gasteiger partial charge in [-0.25, -0.2) is 0 Å². The second-order valence-electron chi connectivity index (χ2n) is 9.96. The van der Waals surface area contributed by atoms with Crippen LogP contribution in [0.5, 0.6) is 0 Å². The lowest BCUT2D eigenvalue weighted by Crippen LogP contribution is -2.57. The summed E-state index contributed by atoms with van der Waals surface area (Å²) in [6.07, 6.45) is 7.72. The molecule has 2 heterocycles. The van der Waals surface area contributed by atoms with Gasteiger partial charge in [-0.05, 0) is 75.1 Å². The smallest absolute Gasteiger partial charge is 0.269 e. The summed E-state index contributed by atoms with van der Waals surface area (Å²) in [6, 6.07) is 11.0. The molecule has 2 aromatic rings. The minimum Gasteiger partial charge on any atom is -0.405 e. The molecule has 9 heteroatoms. The Kier molecular flexibility index (Phi) is 8.82. The van der Waals surface area contributed by atoms with Crippen molar-refractivity contribution in [3.8, 4) is 0 Å². The number of nitrogens with two attached hydrogens (primary N) is 1. The molecule has 194 valence electrons. The van der Waals surface area contributed by atoms with Gasteiger partial charge in [-0.15, -0.1) is 0 Å². The molecule has 1 aromatic heterocycles. The van der Waals surface area contributed by atoms with Gasteiger partial charge < -0.3 is 15.8 Å². The summed E-state index contributed by atoms with van der Waals surface area (Å²) in [6.45, 7) is 3.82. The normalized spacial score (nSPS) is 25.2. The predicted octanol–water partition coefficient (Wildman–Crippen LogP) is 3.33. The van der Waals surface area contributed by atoms with Crippen molar-refractivity contribution in [1.29, 1.82) is 5.41 Å². The number of aromatic nitrogens is 2. The van der Waals surface area contributed by atoms with Gasteiger partial charge in [-0.3, -0.25) is 19.8 Å². The first kappa shape index (κ1) is 26.4. The van der Waals surface area contributed by atoms with E-state index >= 15 is 0 Å². The molecule has 1 aliphatic heterocycles. The molecule has 8 nitrogen and oxygen atoms in total. The highest BCUT2D eigenvalue weighted by Gasteiger charge is 2.36. The van der Waals surface area contributed by atoms with Crippen LogP contribution in [-0.2, 0) is 23.0 Å². The Morgan fingerprint density at radius 1 is 1.28 bits per heavy atom. The SMILES string of the molecule is Cc1cc(C2CCC(N3CC(CNC(=O)C(=N)/C=C\N)OCC3Cc3ccc(Cl)cc3)CC2)nn1C. The fourth-order valence-electron chi connectivity index (χ4n) is 5.38. The average molecular weight is 513 g/mol. The molecule has 2 aliphatic rings. The fourth-order valence-corrected chi connectivity index (χ4v) is 5.51. The number of morpholine rings is 1. The first-order valence-corrected chi connectivity index (χ1v) is 13.1. The minimum atomic E-state index is -0.443. The lowest BCUT2D eigenvalue weighted by molar-refractivity contribution is -0.117. The van der Waals surface area contributed by atoms with Crippen molar-refractivity contribution in [2.75, 3.05) is 19.7 Å². The van der Waals surface area contributed by atoms with Crippen molar-refractivity contribution in [3.63, 3.8) is 0 Å². The van der Waals surface area contributed by atoms with Crippen LogP contribution in [0.15, 0.2) is 42.6 Å². The van der Waals surface area contributed by atoms with Gasteiger partial charge in [-0.2, -0.15) is 5.10 Å². The zero-order valence-electron chi connectivity index (χ0n) is 21.1. The van der Waals surface area contributed by atoms with Crippen molar-refractivity contribution >= 4 is 23.2 Å². The molecule has 2 fully saturated rings. The molecule has 0 spiro atoms. The zero-order valence-corrected chi connectivity index (χ0v) is 21.9. The Hall–Kier alpha value is -2.68. The highest BCUT2D eigenvalue weighted by molar-refractivity contribution is 6.42. The number of aryl methyl sites for hydroxylation is 2. The van der Waals surface area contributed by atoms with E-state index in [4.69, 9.17) is 32.6 Å². The van der Waals surface area contributed by atoms with Gasteiger partial charge in [0.1, 0.15) is 5.71 Å². The van der Waals surface area contributed by atoms with Crippen LogP contribution in [-0.4, -0.2) is 64.2 Å². The molecule has 2 unspecified atom stereocenters. The van der Waals surface area contributed by atoms with E-state index in [1.165, 1.54) is 29.2 Å². The fraction of sp³-hybridized carbons (Fsp3) is 0.519. The highest BCUT2D eigenvalue weighted by Crippen LogP contribution is 2.36. The average Bonchev–Trinajstić information content (AvgIpc) is 3.22. The molecule has 36 heavy (non-hydrogen) atoms. The molecule has 1 saturated carbocycles. The lowest BCUT2D eigenvalue weighted by Gasteiger charge is -2.46. The van der Waals surface area contributed by atoms with E-state index in [-0.39, 0.29) is 17.9 Å². The number of carbonyl (C=O) groups excluding carboxylic acids is 1. The molecule has 1 amide bonds. The largest absolute Gasteiger partial charge is 0.405 e. The number of benzene rings is 1. The lowest BCUT2D eigenvalue weighted by atomic mass is 9.82. The van der Waals surface area contributed by atoms with E-state index in [0.29, 0.717) is 25.1 Å². The summed E-state index contributed by atoms with van der Waals surface area (Å²) in [5.74, 6) is 0.0647. The second-order valence-corrected chi connectivity index (χ2v) is 10.4. The van der Waals surface area contributed by atoms with Crippen LogP contribution in [0, 0.1) is 12.3 Å². The molecule has 1 aromatic carbocycles. The third kappa shape index (κ3) is 6.55.